The predicted molar refractivity (Wildman–Crippen MR) is 76.7 cm³/mol. The van der Waals surface area contributed by atoms with Crippen molar-refractivity contribution in [2.45, 2.75) is 12.0 Å². The Morgan fingerprint density at radius 3 is 2.75 bits per heavy atom. The molecule has 2 N–H and O–H groups in total. The molecule has 0 saturated carbocycles. The van der Waals surface area contributed by atoms with Crippen molar-refractivity contribution in [3.05, 3.63) is 35.9 Å². The van der Waals surface area contributed by atoms with E-state index < -0.39 is 11.5 Å². The number of nitrogens with zero attached hydrogens (tertiary/aromatic N) is 1. The molecule has 1 aliphatic rings. The molecule has 1 atom stereocenters. The van der Waals surface area contributed by atoms with E-state index in [2.05, 4.69) is 10.2 Å². The Kier molecular flexibility index (Phi) is 5.11. The Morgan fingerprint density at radius 1 is 1.35 bits per heavy atom. The molecule has 2 rings (SSSR count). The van der Waals surface area contributed by atoms with E-state index in [4.69, 9.17) is 4.74 Å². The number of nitrogens with one attached hydrogen (secondary N) is 1. The summed E-state index contributed by atoms with van der Waals surface area (Å²) in [5.74, 6) is -0.851. The Bertz CT molecular complexity index is 430. The van der Waals surface area contributed by atoms with Crippen LogP contribution in [-0.4, -0.2) is 55.9 Å². The summed E-state index contributed by atoms with van der Waals surface area (Å²) in [7, 11) is 1.70. The van der Waals surface area contributed by atoms with Crippen LogP contribution in [0.4, 0.5) is 0 Å². The first kappa shape index (κ1) is 15.0. The fourth-order valence-corrected chi connectivity index (χ4v) is 2.63. The van der Waals surface area contributed by atoms with Gasteiger partial charge in [-0.15, -0.1) is 0 Å². The van der Waals surface area contributed by atoms with Crippen molar-refractivity contribution < 1.29 is 14.6 Å². The van der Waals surface area contributed by atoms with Crippen LogP contribution in [0.3, 0.4) is 0 Å². The van der Waals surface area contributed by atoms with Gasteiger partial charge in [0.2, 0.25) is 0 Å². The van der Waals surface area contributed by atoms with Gasteiger partial charge in [0.15, 0.2) is 5.54 Å². The topological polar surface area (TPSA) is 61.8 Å². The van der Waals surface area contributed by atoms with Gasteiger partial charge in [-0.2, -0.15) is 0 Å². The van der Waals surface area contributed by atoms with E-state index in [0.29, 0.717) is 13.2 Å². The third kappa shape index (κ3) is 3.17. The molecule has 1 saturated heterocycles. The standard InChI is InChI=1S/C15H22N2O3/c1-16-15(14(18)19,13-6-3-2-4-7-13)12-17-8-5-10-20-11-9-17/h2-4,6-7,16H,5,8-12H2,1H3,(H,18,19). The van der Waals surface area contributed by atoms with Crippen LogP contribution in [0.1, 0.15) is 12.0 Å². The third-order valence-electron chi connectivity index (χ3n) is 3.83. The van der Waals surface area contributed by atoms with Crippen molar-refractivity contribution in [1.82, 2.24) is 10.2 Å². The molecule has 0 aromatic heterocycles. The number of aliphatic carboxylic acids is 1. The lowest BCUT2D eigenvalue weighted by molar-refractivity contribution is -0.146. The van der Waals surface area contributed by atoms with Crippen molar-refractivity contribution in [2.24, 2.45) is 0 Å². The molecule has 0 amide bonds. The maximum Gasteiger partial charge on any atom is 0.329 e. The van der Waals surface area contributed by atoms with Crippen molar-refractivity contribution in [3.8, 4) is 0 Å². The number of benzene rings is 1. The summed E-state index contributed by atoms with van der Waals surface area (Å²) in [5, 5.41) is 12.8. The number of carboxylic acid groups (broad SMARTS) is 1. The molecule has 0 spiro atoms. The molecule has 1 aromatic carbocycles. The van der Waals surface area contributed by atoms with Crippen LogP contribution < -0.4 is 5.32 Å². The molecule has 20 heavy (non-hydrogen) atoms. The van der Waals surface area contributed by atoms with E-state index in [1.165, 1.54) is 0 Å². The summed E-state index contributed by atoms with van der Waals surface area (Å²) in [6.07, 6.45) is 0.939. The van der Waals surface area contributed by atoms with Gasteiger partial charge in [0.05, 0.1) is 6.61 Å². The van der Waals surface area contributed by atoms with E-state index in [1.807, 2.05) is 30.3 Å². The highest BCUT2D eigenvalue weighted by Gasteiger charge is 2.40. The Labute approximate surface area is 119 Å². The molecule has 1 aromatic rings. The third-order valence-corrected chi connectivity index (χ3v) is 3.83. The highest BCUT2D eigenvalue weighted by molar-refractivity contribution is 5.81. The first-order valence-electron chi connectivity index (χ1n) is 6.97. The van der Waals surface area contributed by atoms with Gasteiger partial charge in [-0.05, 0) is 19.0 Å². The van der Waals surface area contributed by atoms with Crippen molar-refractivity contribution in [2.75, 3.05) is 39.9 Å². The van der Waals surface area contributed by atoms with Gasteiger partial charge in [0.25, 0.3) is 0 Å². The Balaban J connectivity index is 2.25. The molecular weight excluding hydrogens is 256 g/mol. The molecule has 0 radical (unpaired) electrons. The maximum absolute atomic E-state index is 11.9. The largest absolute Gasteiger partial charge is 0.480 e. The number of hydrogen-bond acceptors (Lipinski definition) is 4. The van der Waals surface area contributed by atoms with E-state index in [0.717, 1.165) is 31.7 Å². The van der Waals surface area contributed by atoms with Crippen molar-refractivity contribution in [3.63, 3.8) is 0 Å². The molecule has 0 aliphatic carbocycles. The minimum absolute atomic E-state index is 0.437. The number of rotatable bonds is 5. The van der Waals surface area contributed by atoms with Gasteiger partial charge in [-0.25, -0.2) is 4.79 Å². The average Bonchev–Trinajstić information content (AvgIpc) is 2.74. The smallest absolute Gasteiger partial charge is 0.329 e. The van der Waals surface area contributed by atoms with E-state index in [-0.39, 0.29) is 0 Å². The summed E-state index contributed by atoms with van der Waals surface area (Å²) in [4.78, 5) is 14.0. The van der Waals surface area contributed by atoms with Gasteiger partial charge in [0.1, 0.15) is 0 Å². The summed E-state index contributed by atoms with van der Waals surface area (Å²) in [6, 6.07) is 9.36. The van der Waals surface area contributed by atoms with Crippen LogP contribution in [-0.2, 0) is 15.1 Å². The molecule has 5 nitrogen and oxygen atoms in total. The molecule has 0 bridgehead atoms. The zero-order chi connectivity index (χ0) is 14.4. The zero-order valence-corrected chi connectivity index (χ0v) is 11.8. The van der Waals surface area contributed by atoms with Gasteiger partial charge >= 0.3 is 5.97 Å². The first-order valence-corrected chi connectivity index (χ1v) is 6.97. The van der Waals surface area contributed by atoms with Crippen LogP contribution in [0, 0.1) is 0 Å². The summed E-state index contributed by atoms with van der Waals surface area (Å²) in [6.45, 7) is 3.48. The van der Waals surface area contributed by atoms with Crippen molar-refractivity contribution in [1.29, 1.82) is 0 Å². The minimum Gasteiger partial charge on any atom is -0.480 e. The number of carboxylic acids is 1. The van der Waals surface area contributed by atoms with Gasteiger partial charge in [-0.3, -0.25) is 4.90 Å². The lowest BCUT2D eigenvalue weighted by Crippen LogP contribution is -2.55. The monoisotopic (exact) mass is 278 g/mol. The normalized spacial score (nSPS) is 20.1. The SMILES string of the molecule is CNC(CN1CCCOCC1)(C(=O)O)c1ccccc1. The Morgan fingerprint density at radius 2 is 2.10 bits per heavy atom. The molecule has 1 unspecified atom stereocenters. The lowest BCUT2D eigenvalue weighted by atomic mass is 9.89. The number of hydrogen-bond donors (Lipinski definition) is 2. The second-order valence-corrected chi connectivity index (χ2v) is 5.07. The van der Waals surface area contributed by atoms with Gasteiger partial charge in [0, 0.05) is 26.2 Å². The quantitative estimate of drug-likeness (QED) is 0.838. The number of ether oxygens (including phenoxy) is 1. The van der Waals surface area contributed by atoms with E-state index in [9.17, 15) is 9.90 Å². The minimum atomic E-state index is -1.08. The summed E-state index contributed by atoms with van der Waals surface area (Å²) < 4.78 is 5.43. The molecule has 5 heteroatoms. The highest BCUT2D eigenvalue weighted by atomic mass is 16.5. The van der Waals surface area contributed by atoms with Gasteiger partial charge < -0.3 is 15.2 Å². The second kappa shape index (κ2) is 6.83. The summed E-state index contributed by atoms with van der Waals surface area (Å²) >= 11 is 0. The summed E-state index contributed by atoms with van der Waals surface area (Å²) in [5.41, 5.74) is -0.300. The van der Waals surface area contributed by atoms with Gasteiger partial charge in [-0.1, -0.05) is 30.3 Å². The van der Waals surface area contributed by atoms with Crippen LogP contribution in [0.5, 0.6) is 0 Å². The molecule has 1 aliphatic heterocycles. The molecule has 110 valence electrons. The molecule has 1 fully saturated rings. The van der Waals surface area contributed by atoms with Crippen LogP contribution in [0.2, 0.25) is 0 Å². The highest BCUT2D eigenvalue weighted by Crippen LogP contribution is 2.23. The number of carbonyl (C=O) groups is 1. The fourth-order valence-electron chi connectivity index (χ4n) is 2.63. The molecular formula is C15H22N2O3. The maximum atomic E-state index is 11.9. The first-order chi connectivity index (χ1) is 9.69. The zero-order valence-electron chi connectivity index (χ0n) is 11.8. The predicted octanol–water partition coefficient (Wildman–Crippen LogP) is 0.908. The van der Waals surface area contributed by atoms with Crippen LogP contribution >= 0.6 is 0 Å². The van der Waals surface area contributed by atoms with E-state index in [1.54, 1.807) is 7.05 Å². The van der Waals surface area contributed by atoms with Crippen LogP contribution in [0.15, 0.2) is 30.3 Å². The number of likely N-dealkylation sites (N-methyl/N-ethyl adjacent to an activating group) is 1. The Hall–Kier alpha value is -1.43. The van der Waals surface area contributed by atoms with E-state index >= 15 is 0 Å². The average molecular weight is 278 g/mol. The molecule has 1 heterocycles. The lowest BCUT2D eigenvalue weighted by Gasteiger charge is -2.34. The second-order valence-electron chi connectivity index (χ2n) is 5.07. The van der Waals surface area contributed by atoms with Crippen LogP contribution in [0.25, 0.3) is 0 Å². The van der Waals surface area contributed by atoms with Crippen molar-refractivity contribution >= 4 is 5.97 Å². The fraction of sp³-hybridized carbons (Fsp3) is 0.533.